The highest BCUT2D eigenvalue weighted by molar-refractivity contribution is 5.31. The average molecular weight is 291 g/mol. The van der Waals surface area contributed by atoms with E-state index < -0.39 is 0 Å². The van der Waals surface area contributed by atoms with Gasteiger partial charge in [0.1, 0.15) is 6.26 Å². The van der Waals surface area contributed by atoms with Crippen LogP contribution in [0.2, 0.25) is 0 Å². The van der Waals surface area contributed by atoms with Gasteiger partial charge in [-0.3, -0.25) is 0 Å². The van der Waals surface area contributed by atoms with E-state index in [1.807, 2.05) is 6.26 Å². The van der Waals surface area contributed by atoms with Gasteiger partial charge in [-0.05, 0) is 52.4 Å². The van der Waals surface area contributed by atoms with Gasteiger partial charge < -0.3 is 14.6 Å². The van der Waals surface area contributed by atoms with Crippen molar-refractivity contribution >= 4 is 6.01 Å². The van der Waals surface area contributed by atoms with E-state index in [1.165, 1.54) is 38.5 Å². The molecule has 2 aliphatic rings. The summed E-state index contributed by atoms with van der Waals surface area (Å²) in [5.41, 5.74) is 1.12. The number of fused-ring (bicyclic) bond motifs is 1. The van der Waals surface area contributed by atoms with E-state index >= 15 is 0 Å². The van der Waals surface area contributed by atoms with Crippen molar-refractivity contribution in [1.29, 1.82) is 0 Å². The Labute approximate surface area is 128 Å². The SMILES string of the molecule is CC(C)(C)NCc1coc(N2CCC[C@H]3CCCC[C@H]32)n1. The number of oxazole rings is 1. The fourth-order valence-corrected chi connectivity index (χ4v) is 3.73. The Balaban J connectivity index is 1.67. The molecule has 1 saturated carbocycles. The van der Waals surface area contributed by atoms with Crippen molar-refractivity contribution in [3.05, 3.63) is 12.0 Å². The van der Waals surface area contributed by atoms with Gasteiger partial charge in [0.2, 0.25) is 0 Å². The lowest BCUT2D eigenvalue weighted by Gasteiger charge is -2.43. The summed E-state index contributed by atoms with van der Waals surface area (Å²) >= 11 is 0. The molecular weight excluding hydrogens is 262 g/mol. The van der Waals surface area contributed by atoms with Gasteiger partial charge in [-0.25, -0.2) is 0 Å². The van der Waals surface area contributed by atoms with E-state index in [-0.39, 0.29) is 5.54 Å². The van der Waals surface area contributed by atoms with Crippen molar-refractivity contribution < 1.29 is 4.42 Å². The molecule has 21 heavy (non-hydrogen) atoms. The smallest absolute Gasteiger partial charge is 0.297 e. The number of piperidine rings is 1. The molecular formula is C17H29N3O. The lowest BCUT2D eigenvalue weighted by Crippen LogP contribution is -2.47. The molecule has 1 aromatic rings. The van der Waals surface area contributed by atoms with Gasteiger partial charge in [-0.1, -0.05) is 12.8 Å². The largest absolute Gasteiger partial charge is 0.432 e. The quantitative estimate of drug-likeness (QED) is 0.921. The molecule has 0 unspecified atom stereocenters. The first-order valence-electron chi connectivity index (χ1n) is 8.49. The number of hydrogen-bond donors (Lipinski definition) is 1. The summed E-state index contributed by atoms with van der Waals surface area (Å²) in [6, 6.07) is 1.51. The molecule has 0 aromatic carbocycles. The molecule has 3 rings (SSSR count). The highest BCUT2D eigenvalue weighted by Crippen LogP contribution is 2.37. The standard InChI is InChI=1S/C17H29N3O/c1-17(2,3)18-11-14-12-21-16(19-14)20-10-6-8-13-7-4-5-9-15(13)20/h12-13,15,18H,4-11H2,1-3H3/t13-,15-/m1/s1. The molecule has 1 aromatic heterocycles. The Morgan fingerprint density at radius 3 is 2.81 bits per heavy atom. The first-order chi connectivity index (χ1) is 10.0. The normalized spacial score (nSPS) is 26.7. The van der Waals surface area contributed by atoms with Crippen LogP contribution in [0.5, 0.6) is 0 Å². The minimum absolute atomic E-state index is 0.110. The van der Waals surface area contributed by atoms with Crippen LogP contribution in [0.4, 0.5) is 6.01 Å². The molecule has 2 fully saturated rings. The van der Waals surface area contributed by atoms with Crippen molar-refractivity contribution in [2.24, 2.45) is 5.92 Å². The second-order valence-corrected chi connectivity index (χ2v) is 7.67. The number of aromatic nitrogens is 1. The van der Waals surface area contributed by atoms with Crippen LogP contribution in [-0.2, 0) is 6.54 Å². The van der Waals surface area contributed by atoms with Crippen molar-refractivity contribution in [1.82, 2.24) is 10.3 Å². The van der Waals surface area contributed by atoms with Crippen molar-refractivity contribution in [2.75, 3.05) is 11.4 Å². The molecule has 0 spiro atoms. The Morgan fingerprint density at radius 1 is 1.24 bits per heavy atom. The van der Waals surface area contributed by atoms with Gasteiger partial charge in [-0.2, -0.15) is 4.98 Å². The van der Waals surface area contributed by atoms with Gasteiger partial charge >= 0.3 is 0 Å². The van der Waals surface area contributed by atoms with Crippen LogP contribution >= 0.6 is 0 Å². The molecule has 1 saturated heterocycles. The molecule has 118 valence electrons. The third-order valence-electron chi connectivity index (χ3n) is 4.83. The minimum Gasteiger partial charge on any atom is -0.432 e. The van der Waals surface area contributed by atoms with Crippen LogP contribution in [0, 0.1) is 5.92 Å². The van der Waals surface area contributed by atoms with E-state index in [1.54, 1.807) is 0 Å². The monoisotopic (exact) mass is 291 g/mol. The second kappa shape index (κ2) is 5.99. The Kier molecular flexibility index (Phi) is 4.25. The summed E-state index contributed by atoms with van der Waals surface area (Å²) in [4.78, 5) is 7.16. The number of rotatable bonds is 3. The zero-order valence-electron chi connectivity index (χ0n) is 13.7. The fourth-order valence-electron chi connectivity index (χ4n) is 3.73. The fraction of sp³-hybridized carbons (Fsp3) is 0.824. The van der Waals surface area contributed by atoms with Crippen molar-refractivity contribution in [3.63, 3.8) is 0 Å². The van der Waals surface area contributed by atoms with E-state index in [4.69, 9.17) is 9.40 Å². The number of nitrogens with zero attached hydrogens (tertiary/aromatic N) is 2. The predicted octanol–water partition coefficient (Wildman–Crippen LogP) is 3.72. The van der Waals surface area contributed by atoms with E-state index in [9.17, 15) is 0 Å². The first-order valence-corrected chi connectivity index (χ1v) is 8.49. The van der Waals surface area contributed by atoms with Gasteiger partial charge in [0, 0.05) is 24.7 Å². The maximum Gasteiger partial charge on any atom is 0.297 e. The van der Waals surface area contributed by atoms with Crippen LogP contribution in [0.3, 0.4) is 0 Å². The van der Waals surface area contributed by atoms with Gasteiger partial charge in [-0.15, -0.1) is 0 Å². The molecule has 0 radical (unpaired) electrons. The Morgan fingerprint density at radius 2 is 2.00 bits per heavy atom. The molecule has 1 aliphatic carbocycles. The summed E-state index contributed by atoms with van der Waals surface area (Å²) < 4.78 is 5.79. The molecule has 0 amide bonds. The topological polar surface area (TPSA) is 41.3 Å². The van der Waals surface area contributed by atoms with Crippen molar-refractivity contribution in [3.8, 4) is 0 Å². The zero-order valence-corrected chi connectivity index (χ0v) is 13.7. The third-order valence-corrected chi connectivity index (χ3v) is 4.83. The van der Waals surface area contributed by atoms with E-state index in [0.29, 0.717) is 6.04 Å². The molecule has 4 heteroatoms. The van der Waals surface area contributed by atoms with Crippen LogP contribution in [-0.4, -0.2) is 23.1 Å². The average Bonchev–Trinajstić information content (AvgIpc) is 2.92. The third kappa shape index (κ3) is 3.60. The summed E-state index contributed by atoms with van der Waals surface area (Å²) in [6.07, 6.45) is 9.95. The van der Waals surface area contributed by atoms with Crippen LogP contribution < -0.4 is 10.2 Å². The van der Waals surface area contributed by atoms with Gasteiger partial charge in [0.05, 0.1) is 5.69 Å². The van der Waals surface area contributed by atoms with Crippen LogP contribution in [0.1, 0.15) is 65.0 Å². The molecule has 1 N–H and O–H groups in total. The zero-order chi connectivity index (χ0) is 14.9. The molecule has 1 aliphatic heterocycles. The van der Waals surface area contributed by atoms with Crippen molar-refractivity contribution in [2.45, 2.75) is 77.4 Å². The lowest BCUT2D eigenvalue weighted by molar-refractivity contribution is 0.235. The van der Waals surface area contributed by atoms with E-state index in [0.717, 1.165) is 30.7 Å². The summed E-state index contributed by atoms with van der Waals surface area (Å²) in [7, 11) is 0. The maximum atomic E-state index is 5.79. The minimum atomic E-state index is 0.110. The Bertz CT molecular complexity index is 461. The molecule has 2 atom stereocenters. The summed E-state index contributed by atoms with van der Waals surface area (Å²) in [6.45, 7) is 8.39. The molecule has 4 nitrogen and oxygen atoms in total. The first kappa shape index (κ1) is 14.9. The second-order valence-electron chi connectivity index (χ2n) is 7.67. The highest BCUT2D eigenvalue weighted by Gasteiger charge is 2.35. The predicted molar refractivity (Wildman–Crippen MR) is 85.4 cm³/mol. The number of nitrogens with one attached hydrogen (secondary N) is 1. The number of anilines is 1. The van der Waals surface area contributed by atoms with Crippen LogP contribution in [0.15, 0.2) is 10.7 Å². The summed E-state index contributed by atoms with van der Waals surface area (Å²) in [5, 5.41) is 3.47. The van der Waals surface area contributed by atoms with E-state index in [2.05, 4.69) is 31.0 Å². The molecule has 0 bridgehead atoms. The number of hydrogen-bond acceptors (Lipinski definition) is 4. The summed E-state index contributed by atoms with van der Waals surface area (Å²) in [5.74, 6) is 0.857. The van der Waals surface area contributed by atoms with Gasteiger partial charge in [0.15, 0.2) is 0 Å². The molecule has 2 heterocycles. The lowest BCUT2D eigenvalue weighted by atomic mass is 9.78. The Hall–Kier alpha value is -1.03. The maximum absolute atomic E-state index is 5.79. The highest BCUT2D eigenvalue weighted by atomic mass is 16.4. The van der Waals surface area contributed by atoms with Crippen LogP contribution in [0.25, 0.3) is 0 Å². The van der Waals surface area contributed by atoms with Gasteiger partial charge in [0.25, 0.3) is 6.01 Å².